The van der Waals surface area contributed by atoms with Crippen molar-refractivity contribution in [3.05, 3.63) is 102 Å². The standard InChI is InChI=1S/C59H81N15O15/c1-31(2)24-43(55(86)69-40(16-11-23-64-59(62)63-5)53(84)71-42(51(61)82)27-36-29-65-39-15-10-9-14-38(36)39)68-48(79)30-66-52(83)44(25-34-12-7-6-8-13-34)73-58(89)50(32(3)75)74-57(88)46(28-47(60)78)72-54(85)41(21-22-49(80)81)70-56(87)45(67-33(4)76)26-35-17-19-37(77)20-18-35/h6-10,12-15,17-20,29,31-32,40-46,50,65,75,77H,11,16,21-28,30H2,1-5H3,(H2,60,78)(H2,61,82)(H,66,83)(H,67,76)(H,68,79)(H,69,86)(H,70,87)(H,71,84)(H,72,85)(H,73,89)(H,74,88)(H,80,81)(H3,62,63,64)/t32-,40+,41+,42+,43+,44+,45-,46+,50+/m1/s1. The minimum absolute atomic E-state index is 0.00305. The second-order valence-corrected chi connectivity index (χ2v) is 21.6. The normalized spacial score (nSPS) is 14.0. The molecule has 4 aromatic rings. The molecule has 11 amide bonds. The van der Waals surface area contributed by atoms with E-state index >= 15 is 0 Å². The molecule has 0 saturated carbocycles. The molecule has 0 aliphatic heterocycles. The summed E-state index contributed by atoms with van der Waals surface area (Å²) >= 11 is 0. The molecular formula is C59H81N15O15. The van der Waals surface area contributed by atoms with Crippen LogP contribution < -0.4 is 70.0 Å². The second kappa shape index (κ2) is 35.5. The van der Waals surface area contributed by atoms with Crippen LogP contribution in [0.4, 0.5) is 0 Å². The van der Waals surface area contributed by atoms with Crippen LogP contribution in [-0.2, 0) is 76.8 Å². The Balaban J connectivity index is 1.50. The number of guanidine groups is 1. The molecule has 30 heteroatoms. The van der Waals surface area contributed by atoms with Gasteiger partial charge in [-0.05, 0) is 73.4 Å². The fourth-order valence-electron chi connectivity index (χ4n) is 9.20. The van der Waals surface area contributed by atoms with Crippen molar-refractivity contribution < 1.29 is 72.9 Å². The molecule has 1 aromatic heterocycles. The number of nitrogens with one attached hydrogen (secondary N) is 13. The van der Waals surface area contributed by atoms with Gasteiger partial charge in [-0.2, -0.15) is 0 Å². The van der Waals surface area contributed by atoms with Crippen LogP contribution in [-0.4, -0.2) is 172 Å². The van der Waals surface area contributed by atoms with Gasteiger partial charge in [-0.15, -0.1) is 0 Å². The first kappa shape index (κ1) is 71.4. The molecule has 0 unspecified atom stereocenters. The minimum atomic E-state index is -1.93. The second-order valence-electron chi connectivity index (χ2n) is 21.6. The number of aromatic nitrogens is 1. The Hall–Kier alpha value is -10.1. The number of aromatic amines is 1. The van der Waals surface area contributed by atoms with Crippen LogP contribution in [0.2, 0.25) is 0 Å². The van der Waals surface area contributed by atoms with Crippen molar-refractivity contribution in [2.45, 2.75) is 140 Å². The summed E-state index contributed by atoms with van der Waals surface area (Å²) in [6.45, 7) is 5.21. The van der Waals surface area contributed by atoms with Gasteiger partial charge < -0.3 is 90.3 Å². The molecule has 30 nitrogen and oxygen atoms in total. The van der Waals surface area contributed by atoms with Crippen molar-refractivity contribution in [1.82, 2.24) is 63.5 Å². The number of carboxylic acid groups (broad SMARTS) is 1. The third-order valence-electron chi connectivity index (χ3n) is 13.8. The van der Waals surface area contributed by atoms with Gasteiger partial charge in [-0.25, -0.2) is 0 Å². The lowest BCUT2D eigenvalue weighted by atomic mass is 10.0. The number of benzene rings is 3. The number of para-hydroxylation sites is 1. The van der Waals surface area contributed by atoms with E-state index in [1.165, 1.54) is 31.3 Å². The predicted molar refractivity (Wildman–Crippen MR) is 323 cm³/mol. The molecule has 482 valence electrons. The number of nitrogens with two attached hydrogens (primary N) is 2. The number of aliphatic hydroxyl groups is 1. The van der Waals surface area contributed by atoms with Gasteiger partial charge >= 0.3 is 5.97 Å². The zero-order valence-electron chi connectivity index (χ0n) is 50.0. The number of phenolic OH excluding ortho intramolecular Hbond substituents is 1. The van der Waals surface area contributed by atoms with Gasteiger partial charge in [0.1, 0.15) is 54.1 Å². The molecule has 89 heavy (non-hydrogen) atoms. The predicted octanol–water partition coefficient (Wildman–Crippen LogP) is -2.91. The zero-order valence-corrected chi connectivity index (χ0v) is 50.0. The maximum atomic E-state index is 14.1. The number of aliphatic carboxylic acids is 1. The molecule has 0 bridgehead atoms. The molecule has 0 radical (unpaired) electrons. The van der Waals surface area contributed by atoms with E-state index in [0.717, 1.165) is 24.8 Å². The third-order valence-corrected chi connectivity index (χ3v) is 13.8. The minimum Gasteiger partial charge on any atom is -0.508 e. The Morgan fingerprint density at radius 3 is 1.71 bits per heavy atom. The lowest BCUT2D eigenvalue weighted by Gasteiger charge is -2.28. The highest BCUT2D eigenvalue weighted by molar-refractivity contribution is 5.99. The summed E-state index contributed by atoms with van der Waals surface area (Å²) in [7, 11) is 1.54. The van der Waals surface area contributed by atoms with Crippen molar-refractivity contribution in [3.63, 3.8) is 0 Å². The van der Waals surface area contributed by atoms with Gasteiger partial charge in [0, 0.05) is 63.3 Å². The number of amides is 11. The number of primary amides is 2. The number of rotatable bonds is 36. The van der Waals surface area contributed by atoms with Crippen molar-refractivity contribution in [2.75, 3.05) is 20.1 Å². The molecule has 0 aliphatic carbocycles. The first-order chi connectivity index (χ1) is 42.1. The van der Waals surface area contributed by atoms with E-state index in [2.05, 4.69) is 63.5 Å². The SMILES string of the molecule is CNC(=N)NCCC[C@H](NC(=O)[C@H](CC(C)C)NC(=O)CNC(=O)[C@H](Cc1ccccc1)NC(=O)[C@@H](NC(=O)[C@H](CC(N)=O)NC(=O)[C@H](CCC(=O)O)NC(=O)[C@@H](Cc1ccc(O)cc1)NC(C)=O)[C@@H](C)O)C(=O)N[C@@H](Cc1c[nH]c2ccccc12)C(N)=O. The lowest BCUT2D eigenvalue weighted by molar-refractivity contribution is -0.139. The summed E-state index contributed by atoms with van der Waals surface area (Å²) in [6, 6.07) is 8.95. The summed E-state index contributed by atoms with van der Waals surface area (Å²) in [4.78, 5) is 163. The van der Waals surface area contributed by atoms with E-state index in [9.17, 15) is 72.9 Å². The maximum absolute atomic E-state index is 14.1. The Labute approximate surface area is 512 Å². The summed E-state index contributed by atoms with van der Waals surface area (Å²) in [5.74, 6) is -12.3. The van der Waals surface area contributed by atoms with Crippen LogP contribution in [0.15, 0.2) is 85.1 Å². The third kappa shape index (κ3) is 24.6. The average Bonchev–Trinajstić information content (AvgIpc) is 2.47. The van der Waals surface area contributed by atoms with Crippen LogP contribution in [0, 0.1) is 11.3 Å². The Morgan fingerprint density at radius 1 is 0.584 bits per heavy atom. The molecule has 1 heterocycles. The fraction of sp³-hybridized carbons (Fsp3) is 0.441. The van der Waals surface area contributed by atoms with Crippen molar-refractivity contribution >= 4 is 87.8 Å². The molecule has 0 aliphatic rings. The number of hydrogen-bond donors (Lipinski definition) is 18. The number of carbonyl (C=O) groups excluding carboxylic acids is 11. The molecule has 20 N–H and O–H groups in total. The number of aromatic hydroxyl groups is 1. The zero-order chi connectivity index (χ0) is 65.9. The average molecular weight is 1240 g/mol. The van der Waals surface area contributed by atoms with Gasteiger partial charge in [0.2, 0.25) is 65.0 Å². The van der Waals surface area contributed by atoms with Crippen molar-refractivity contribution in [2.24, 2.45) is 17.4 Å². The van der Waals surface area contributed by atoms with E-state index < -0.39 is 151 Å². The van der Waals surface area contributed by atoms with Gasteiger partial charge in [0.25, 0.3) is 0 Å². The highest BCUT2D eigenvalue weighted by Crippen LogP contribution is 2.20. The van der Waals surface area contributed by atoms with E-state index in [0.29, 0.717) is 16.7 Å². The number of hydrogen-bond acceptors (Lipinski definition) is 15. The molecule has 0 fully saturated rings. The molecule has 4 rings (SSSR count). The summed E-state index contributed by atoms with van der Waals surface area (Å²) in [5, 5.41) is 66.3. The number of fused-ring (bicyclic) bond motifs is 1. The maximum Gasteiger partial charge on any atom is 0.303 e. The van der Waals surface area contributed by atoms with Gasteiger partial charge in [0.15, 0.2) is 5.96 Å². The number of aliphatic hydroxyl groups excluding tert-OH is 1. The van der Waals surface area contributed by atoms with Crippen molar-refractivity contribution in [1.29, 1.82) is 5.41 Å². The largest absolute Gasteiger partial charge is 0.508 e. The number of H-pyrrole nitrogens is 1. The van der Waals surface area contributed by atoms with Crippen LogP contribution in [0.3, 0.4) is 0 Å². The highest BCUT2D eigenvalue weighted by atomic mass is 16.4. The van der Waals surface area contributed by atoms with Gasteiger partial charge in [0.05, 0.1) is 19.1 Å². The van der Waals surface area contributed by atoms with Crippen molar-refractivity contribution in [3.8, 4) is 5.75 Å². The molecule has 0 spiro atoms. The molecule has 0 saturated heterocycles. The van der Waals surface area contributed by atoms with Gasteiger partial charge in [-0.3, -0.25) is 62.9 Å². The van der Waals surface area contributed by atoms with E-state index in [-0.39, 0.29) is 62.7 Å². The van der Waals surface area contributed by atoms with Crippen LogP contribution in [0.5, 0.6) is 5.75 Å². The number of phenols is 1. The monoisotopic (exact) mass is 1240 g/mol. The molecule has 9 atom stereocenters. The van der Waals surface area contributed by atoms with E-state index in [1.807, 2.05) is 24.3 Å². The molecule has 3 aromatic carbocycles. The quantitative estimate of drug-likeness (QED) is 0.0123. The summed E-state index contributed by atoms with van der Waals surface area (Å²) in [5.41, 5.74) is 13.7. The van der Waals surface area contributed by atoms with Crippen LogP contribution in [0.25, 0.3) is 10.9 Å². The van der Waals surface area contributed by atoms with Crippen LogP contribution in [0.1, 0.15) is 82.9 Å². The Kier molecular flexibility index (Phi) is 28.4. The van der Waals surface area contributed by atoms with E-state index in [1.54, 1.807) is 50.4 Å². The van der Waals surface area contributed by atoms with E-state index in [4.69, 9.17) is 16.9 Å². The van der Waals surface area contributed by atoms with Gasteiger partial charge in [-0.1, -0.05) is 74.5 Å². The van der Waals surface area contributed by atoms with Crippen LogP contribution >= 0.6 is 0 Å². The lowest BCUT2D eigenvalue weighted by Crippen LogP contribution is -2.62. The fourth-order valence-corrected chi connectivity index (χ4v) is 9.20. The Bertz CT molecular complexity index is 3140. The highest BCUT2D eigenvalue weighted by Gasteiger charge is 2.36. The first-order valence-corrected chi connectivity index (χ1v) is 28.6. The first-order valence-electron chi connectivity index (χ1n) is 28.6. The summed E-state index contributed by atoms with van der Waals surface area (Å²) < 4.78 is 0. The smallest absolute Gasteiger partial charge is 0.303 e. The number of carboxylic acids is 1. The topological polar surface area (TPSA) is 490 Å². The molecular weight excluding hydrogens is 1160 g/mol. The number of carbonyl (C=O) groups is 12. The summed E-state index contributed by atoms with van der Waals surface area (Å²) in [6.07, 6.45) is -2.31. The Morgan fingerprint density at radius 2 is 1.12 bits per heavy atom.